The van der Waals surface area contributed by atoms with Gasteiger partial charge in [-0.05, 0) is 23.3 Å². The van der Waals surface area contributed by atoms with Gasteiger partial charge in [-0.2, -0.15) is 0 Å². The van der Waals surface area contributed by atoms with Gasteiger partial charge in [-0.1, -0.05) is 30.3 Å². The van der Waals surface area contributed by atoms with E-state index < -0.39 is 5.91 Å². The number of nitrogens with zero attached hydrogens (tertiary/aromatic N) is 1. The van der Waals surface area contributed by atoms with Crippen molar-refractivity contribution in [3.05, 3.63) is 53.6 Å². The molecule has 0 fully saturated rings. The van der Waals surface area contributed by atoms with Gasteiger partial charge in [0.15, 0.2) is 6.29 Å². The Morgan fingerprint density at radius 1 is 1.10 bits per heavy atom. The fraction of sp³-hybridized carbons (Fsp3) is 0.125. The Labute approximate surface area is 117 Å². The van der Waals surface area contributed by atoms with E-state index >= 15 is 0 Å². The smallest absolute Gasteiger partial charge is 0.250 e. The highest BCUT2D eigenvalue weighted by atomic mass is 16.1. The molecule has 102 valence electrons. The summed E-state index contributed by atoms with van der Waals surface area (Å²) in [5.41, 5.74) is 8.56. The summed E-state index contributed by atoms with van der Waals surface area (Å²) >= 11 is 0. The van der Waals surface area contributed by atoms with Gasteiger partial charge in [-0.25, -0.2) is 0 Å². The fourth-order valence-electron chi connectivity index (χ4n) is 2.12. The van der Waals surface area contributed by atoms with Crippen molar-refractivity contribution < 1.29 is 9.59 Å². The third-order valence-corrected chi connectivity index (χ3v) is 3.16. The SMILES string of the molecule is CN(C)c1ccc(-c2cccc(C=O)c2C(N)=O)cc1. The highest BCUT2D eigenvalue weighted by molar-refractivity contribution is 6.06. The number of carbonyl (C=O) groups is 2. The standard InChI is InChI=1S/C16H16N2O2/c1-18(2)13-8-6-11(7-9-13)14-5-3-4-12(10-19)15(14)16(17)20/h3-10H,1-2H3,(H2,17,20). The Hall–Kier alpha value is -2.62. The molecule has 0 unspecified atom stereocenters. The third-order valence-electron chi connectivity index (χ3n) is 3.16. The van der Waals surface area contributed by atoms with Crippen molar-refractivity contribution in [2.75, 3.05) is 19.0 Å². The lowest BCUT2D eigenvalue weighted by molar-refractivity contribution is 0.0993. The molecule has 4 nitrogen and oxygen atoms in total. The molecular weight excluding hydrogens is 252 g/mol. The van der Waals surface area contributed by atoms with Crippen LogP contribution in [0.5, 0.6) is 0 Å². The monoisotopic (exact) mass is 268 g/mol. The number of hydrogen-bond acceptors (Lipinski definition) is 3. The minimum atomic E-state index is -0.598. The second kappa shape index (κ2) is 5.57. The van der Waals surface area contributed by atoms with Crippen LogP contribution in [-0.2, 0) is 0 Å². The van der Waals surface area contributed by atoms with Crippen molar-refractivity contribution in [1.29, 1.82) is 0 Å². The molecular formula is C16H16N2O2. The molecule has 0 aliphatic carbocycles. The summed E-state index contributed by atoms with van der Waals surface area (Å²) in [7, 11) is 3.91. The van der Waals surface area contributed by atoms with Gasteiger partial charge in [-0.15, -0.1) is 0 Å². The highest BCUT2D eigenvalue weighted by Crippen LogP contribution is 2.27. The van der Waals surface area contributed by atoms with Gasteiger partial charge in [0.2, 0.25) is 5.91 Å². The fourth-order valence-corrected chi connectivity index (χ4v) is 2.12. The molecule has 0 radical (unpaired) electrons. The van der Waals surface area contributed by atoms with Crippen molar-refractivity contribution >= 4 is 17.9 Å². The van der Waals surface area contributed by atoms with Crippen LogP contribution in [0.15, 0.2) is 42.5 Å². The first-order valence-corrected chi connectivity index (χ1v) is 6.20. The normalized spacial score (nSPS) is 10.1. The van der Waals surface area contributed by atoms with E-state index in [1.807, 2.05) is 43.3 Å². The minimum Gasteiger partial charge on any atom is -0.378 e. The molecule has 0 heterocycles. The lowest BCUT2D eigenvalue weighted by Crippen LogP contribution is -2.15. The predicted octanol–water partition coefficient (Wildman–Crippen LogP) is 2.33. The van der Waals surface area contributed by atoms with Crippen molar-refractivity contribution in [2.45, 2.75) is 0 Å². The van der Waals surface area contributed by atoms with Gasteiger partial charge in [0.25, 0.3) is 0 Å². The van der Waals surface area contributed by atoms with Gasteiger partial charge >= 0.3 is 0 Å². The second-order valence-corrected chi connectivity index (χ2v) is 4.69. The van der Waals surface area contributed by atoms with E-state index in [-0.39, 0.29) is 5.56 Å². The van der Waals surface area contributed by atoms with Crippen LogP contribution in [0, 0.1) is 0 Å². The average Bonchev–Trinajstić information content (AvgIpc) is 2.46. The lowest BCUT2D eigenvalue weighted by atomic mass is 9.95. The van der Waals surface area contributed by atoms with Crippen molar-refractivity contribution in [3.8, 4) is 11.1 Å². The number of rotatable bonds is 4. The lowest BCUT2D eigenvalue weighted by Gasteiger charge is -2.14. The Bertz CT molecular complexity index is 646. The van der Waals surface area contributed by atoms with E-state index in [4.69, 9.17) is 5.73 Å². The first-order valence-electron chi connectivity index (χ1n) is 6.20. The number of nitrogens with two attached hydrogens (primary N) is 1. The molecule has 0 saturated carbocycles. The summed E-state index contributed by atoms with van der Waals surface area (Å²) in [6.07, 6.45) is 0.651. The molecule has 0 spiro atoms. The zero-order valence-electron chi connectivity index (χ0n) is 11.5. The number of hydrogen-bond donors (Lipinski definition) is 1. The van der Waals surface area contributed by atoms with Crippen LogP contribution in [0.1, 0.15) is 20.7 Å². The Morgan fingerprint density at radius 2 is 1.75 bits per heavy atom. The van der Waals surface area contributed by atoms with Gasteiger partial charge < -0.3 is 10.6 Å². The zero-order chi connectivity index (χ0) is 14.7. The van der Waals surface area contributed by atoms with E-state index in [1.165, 1.54) is 0 Å². The summed E-state index contributed by atoms with van der Waals surface area (Å²) < 4.78 is 0. The molecule has 0 bridgehead atoms. The molecule has 2 aromatic rings. The zero-order valence-corrected chi connectivity index (χ0v) is 11.5. The minimum absolute atomic E-state index is 0.264. The number of amides is 1. The van der Waals surface area contributed by atoms with Crippen molar-refractivity contribution in [2.24, 2.45) is 5.73 Å². The molecule has 0 atom stereocenters. The average molecular weight is 268 g/mol. The van der Waals surface area contributed by atoms with Gasteiger partial charge in [0, 0.05) is 25.3 Å². The number of anilines is 1. The van der Waals surface area contributed by atoms with E-state index in [9.17, 15) is 9.59 Å². The quantitative estimate of drug-likeness (QED) is 0.866. The van der Waals surface area contributed by atoms with Gasteiger partial charge in [0.05, 0.1) is 5.56 Å². The number of carbonyl (C=O) groups excluding carboxylic acids is 2. The summed E-state index contributed by atoms with van der Waals surface area (Å²) in [5, 5.41) is 0. The van der Waals surface area contributed by atoms with E-state index in [1.54, 1.807) is 18.2 Å². The molecule has 2 N–H and O–H groups in total. The van der Waals surface area contributed by atoms with E-state index in [0.29, 0.717) is 17.4 Å². The van der Waals surface area contributed by atoms with Crippen LogP contribution in [0.3, 0.4) is 0 Å². The van der Waals surface area contributed by atoms with Crippen LogP contribution in [0.25, 0.3) is 11.1 Å². The molecule has 20 heavy (non-hydrogen) atoms. The van der Waals surface area contributed by atoms with Crippen LogP contribution in [0.2, 0.25) is 0 Å². The molecule has 4 heteroatoms. The maximum Gasteiger partial charge on any atom is 0.250 e. The Balaban J connectivity index is 2.57. The van der Waals surface area contributed by atoms with Crippen LogP contribution in [-0.4, -0.2) is 26.3 Å². The van der Waals surface area contributed by atoms with Gasteiger partial charge in [-0.3, -0.25) is 9.59 Å². The maximum absolute atomic E-state index is 11.6. The molecule has 2 rings (SSSR count). The number of aldehydes is 1. The number of primary amides is 1. The van der Waals surface area contributed by atoms with Crippen LogP contribution < -0.4 is 10.6 Å². The molecule has 0 saturated heterocycles. The van der Waals surface area contributed by atoms with E-state index in [0.717, 1.165) is 11.3 Å². The molecule has 0 aliphatic heterocycles. The first kappa shape index (κ1) is 13.8. The largest absolute Gasteiger partial charge is 0.378 e. The first-order chi connectivity index (χ1) is 9.54. The highest BCUT2D eigenvalue weighted by Gasteiger charge is 2.14. The summed E-state index contributed by atoms with van der Waals surface area (Å²) in [5.74, 6) is -0.598. The van der Waals surface area contributed by atoms with Crippen molar-refractivity contribution in [1.82, 2.24) is 0 Å². The molecule has 1 amide bonds. The van der Waals surface area contributed by atoms with Gasteiger partial charge in [0.1, 0.15) is 0 Å². The molecule has 2 aromatic carbocycles. The third kappa shape index (κ3) is 2.54. The molecule has 0 aromatic heterocycles. The summed E-state index contributed by atoms with van der Waals surface area (Å²) in [6, 6.07) is 12.8. The molecule has 0 aliphatic rings. The summed E-state index contributed by atoms with van der Waals surface area (Å²) in [4.78, 5) is 24.6. The van der Waals surface area contributed by atoms with Crippen molar-refractivity contribution in [3.63, 3.8) is 0 Å². The predicted molar refractivity (Wildman–Crippen MR) is 80.1 cm³/mol. The van der Waals surface area contributed by atoms with Crippen LogP contribution in [0.4, 0.5) is 5.69 Å². The summed E-state index contributed by atoms with van der Waals surface area (Å²) in [6.45, 7) is 0. The maximum atomic E-state index is 11.6. The Kier molecular flexibility index (Phi) is 3.84. The van der Waals surface area contributed by atoms with E-state index in [2.05, 4.69) is 0 Å². The number of benzene rings is 2. The van der Waals surface area contributed by atoms with Crippen LogP contribution >= 0.6 is 0 Å². The topological polar surface area (TPSA) is 63.4 Å². The Morgan fingerprint density at radius 3 is 2.25 bits per heavy atom. The second-order valence-electron chi connectivity index (χ2n) is 4.69.